The molecule has 22 heavy (non-hydrogen) atoms. The Labute approximate surface area is 141 Å². The summed E-state index contributed by atoms with van der Waals surface area (Å²) in [7, 11) is 0. The molecule has 0 aliphatic heterocycles. The van der Waals surface area contributed by atoms with Gasteiger partial charge in [0, 0.05) is 22.0 Å². The average Bonchev–Trinajstić information content (AvgIpc) is 2.85. The molecule has 0 saturated heterocycles. The molecule has 1 heterocycles. The summed E-state index contributed by atoms with van der Waals surface area (Å²) in [4.78, 5) is 12.0. The number of nitrogens with zero attached hydrogens (tertiary/aromatic N) is 2. The van der Waals surface area contributed by atoms with Gasteiger partial charge in [0.15, 0.2) is 5.15 Å². The Bertz CT molecular complexity index is 814. The molecule has 0 aliphatic carbocycles. The number of halogens is 2. The number of carbonyl (C=O) groups is 1. The summed E-state index contributed by atoms with van der Waals surface area (Å²) in [5.41, 5.74) is 1.71. The van der Waals surface area contributed by atoms with Gasteiger partial charge in [0.1, 0.15) is 0 Å². The first-order valence-corrected chi connectivity index (χ1v) is 7.97. The molecule has 2 aromatic carbocycles. The van der Waals surface area contributed by atoms with Crippen molar-refractivity contribution in [2.75, 3.05) is 5.32 Å². The van der Waals surface area contributed by atoms with Crippen molar-refractivity contribution >= 4 is 50.0 Å². The molecule has 1 N–H and O–H groups in total. The molecule has 0 spiro atoms. The van der Waals surface area contributed by atoms with E-state index in [0.29, 0.717) is 18.1 Å². The number of hydrogen-bond acceptors (Lipinski definition) is 2. The fourth-order valence-electron chi connectivity index (χ4n) is 2.22. The minimum atomic E-state index is -0.0574. The summed E-state index contributed by atoms with van der Waals surface area (Å²) in [5.74, 6) is -0.0574. The molecule has 3 aromatic rings. The molecular weight excluding hydrogens is 366 g/mol. The molecule has 0 aliphatic rings. The Kier molecular flexibility index (Phi) is 4.45. The zero-order valence-electron chi connectivity index (χ0n) is 11.6. The van der Waals surface area contributed by atoms with Crippen LogP contribution in [0.25, 0.3) is 10.9 Å². The van der Waals surface area contributed by atoms with Crippen molar-refractivity contribution in [1.82, 2.24) is 9.78 Å². The van der Waals surface area contributed by atoms with Gasteiger partial charge in [0.05, 0.1) is 12.1 Å². The summed E-state index contributed by atoms with van der Waals surface area (Å²) in [6.45, 7) is 0.482. The van der Waals surface area contributed by atoms with Gasteiger partial charge in [-0.1, -0.05) is 39.7 Å². The maximum absolute atomic E-state index is 12.0. The molecular formula is C16H13BrClN3O. The van der Waals surface area contributed by atoms with E-state index in [1.807, 2.05) is 48.5 Å². The third-order valence-electron chi connectivity index (χ3n) is 3.29. The highest BCUT2D eigenvalue weighted by atomic mass is 79.9. The van der Waals surface area contributed by atoms with Crippen LogP contribution in [0.5, 0.6) is 0 Å². The van der Waals surface area contributed by atoms with Crippen LogP contribution in [0.1, 0.15) is 6.42 Å². The maximum atomic E-state index is 12.0. The predicted octanol–water partition coefficient (Wildman–Crippen LogP) is 4.48. The quantitative estimate of drug-likeness (QED) is 0.727. The number of nitrogens with one attached hydrogen (secondary N) is 1. The van der Waals surface area contributed by atoms with Gasteiger partial charge >= 0.3 is 0 Å². The van der Waals surface area contributed by atoms with Crippen LogP contribution in [0.4, 0.5) is 5.69 Å². The van der Waals surface area contributed by atoms with Crippen molar-refractivity contribution in [2.24, 2.45) is 0 Å². The van der Waals surface area contributed by atoms with Crippen molar-refractivity contribution in [2.45, 2.75) is 13.0 Å². The van der Waals surface area contributed by atoms with Gasteiger partial charge in [0.25, 0.3) is 0 Å². The van der Waals surface area contributed by atoms with E-state index >= 15 is 0 Å². The van der Waals surface area contributed by atoms with Crippen molar-refractivity contribution in [3.63, 3.8) is 0 Å². The van der Waals surface area contributed by atoms with Crippen LogP contribution >= 0.6 is 27.5 Å². The van der Waals surface area contributed by atoms with Gasteiger partial charge in [-0.15, -0.1) is 0 Å². The van der Waals surface area contributed by atoms with E-state index in [1.165, 1.54) is 0 Å². The first-order valence-electron chi connectivity index (χ1n) is 6.80. The highest BCUT2D eigenvalue weighted by Gasteiger charge is 2.09. The fraction of sp³-hybridized carbons (Fsp3) is 0.125. The van der Waals surface area contributed by atoms with Crippen LogP contribution < -0.4 is 5.32 Å². The number of aromatic nitrogens is 2. The van der Waals surface area contributed by atoms with Crippen LogP contribution in [-0.4, -0.2) is 15.7 Å². The molecule has 0 fully saturated rings. The SMILES string of the molecule is O=C(CCn1nc(Cl)c2ccccc21)Nc1ccc(Br)cc1. The van der Waals surface area contributed by atoms with Crippen LogP contribution in [0.2, 0.25) is 5.15 Å². The monoisotopic (exact) mass is 377 g/mol. The molecule has 0 atom stereocenters. The van der Waals surface area contributed by atoms with Gasteiger partial charge in [-0.25, -0.2) is 0 Å². The third-order valence-corrected chi connectivity index (χ3v) is 4.10. The lowest BCUT2D eigenvalue weighted by Gasteiger charge is -2.06. The van der Waals surface area contributed by atoms with Gasteiger partial charge in [0.2, 0.25) is 5.91 Å². The largest absolute Gasteiger partial charge is 0.326 e. The molecule has 1 aromatic heterocycles. The summed E-state index contributed by atoms with van der Waals surface area (Å²) >= 11 is 9.46. The molecule has 4 nitrogen and oxygen atoms in total. The number of para-hydroxylation sites is 1. The van der Waals surface area contributed by atoms with Crippen LogP contribution in [0.3, 0.4) is 0 Å². The van der Waals surface area contributed by atoms with Crippen molar-refractivity contribution in [3.05, 3.63) is 58.2 Å². The molecule has 0 saturated carbocycles. The van der Waals surface area contributed by atoms with E-state index in [-0.39, 0.29) is 5.91 Å². The molecule has 0 unspecified atom stereocenters. The van der Waals surface area contributed by atoms with Gasteiger partial charge in [-0.3, -0.25) is 9.48 Å². The highest BCUT2D eigenvalue weighted by Crippen LogP contribution is 2.22. The predicted molar refractivity (Wildman–Crippen MR) is 92.1 cm³/mol. The minimum absolute atomic E-state index is 0.0574. The standard InChI is InChI=1S/C16H13BrClN3O/c17-11-5-7-12(8-6-11)19-15(22)9-10-21-14-4-2-1-3-13(14)16(18)20-21/h1-8H,9-10H2,(H,19,22). The second-order valence-corrected chi connectivity index (χ2v) is 6.11. The first-order chi connectivity index (χ1) is 10.6. The first kappa shape index (κ1) is 15.1. The number of benzene rings is 2. The Morgan fingerprint density at radius 3 is 2.68 bits per heavy atom. The summed E-state index contributed by atoms with van der Waals surface area (Å²) in [5, 5.41) is 8.50. The lowest BCUT2D eigenvalue weighted by molar-refractivity contribution is -0.116. The Hall–Kier alpha value is -1.85. The van der Waals surface area contributed by atoms with Crippen molar-refractivity contribution in [1.29, 1.82) is 0 Å². The van der Waals surface area contributed by atoms with Crippen LogP contribution in [0, 0.1) is 0 Å². The molecule has 0 radical (unpaired) electrons. The number of fused-ring (bicyclic) bond motifs is 1. The number of carbonyl (C=O) groups excluding carboxylic acids is 1. The van der Waals surface area contributed by atoms with E-state index in [1.54, 1.807) is 4.68 Å². The number of aryl methyl sites for hydroxylation is 1. The topological polar surface area (TPSA) is 46.9 Å². The maximum Gasteiger partial charge on any atom is 0.226 e. The molecule has 3 rings (SSSR count). The van der Waals surface area contributed by atoms with E-state index in [9.17, 15) is 4.79 Å². The molecule has 0 bridgehead atoms. The Morgan fingerprint density at radius 2 is 1.91 bits per heavy atom. The zero-order chi connectivity index (χ0) is 15.5. The van der Waals surface area contributed by atoms with E-state index in [4.69, 9.17) is 11.6 Å². The molecule has 6 heteroatoms. The number of rotatable bonds is 4. The minimum Gasteiger partial charge on any atom is -0.326 e. The second-order valence-electron chi connectivity index (χ2n) is 4.84. The van der Waals surface area contributed by atoms with Crippen LogP contribution in [-0.2, 0) is 11.3 Å². The lowest BCUT2D eigenvalue weighted by atomic mass is 10.2. The number of anilines is 1. The van der Waals surface area contributed by atoms with E-state index in [0.717, 1.165) is 21.1 Å². The van der Waals surface area contributed by atoms with Crippen molar-refractivity contribution < 1.29 is 4.79 Å². The third kappa shape index (κ3) is 3.31. The van der Waals surface area contributed by atoms with Gasteiger partial charge < -0.3 is 5.32 Å². The lowest BCUT2D eigenvalue weighted by Crippen LogP contribution is -2.14. The molecule has 112 valence electrons. The molecule has 1 amide bonds. The van der Waals surface area contributed by atoms with Crippen LogP contribution in [0.15, 0.2) is 53.0 Å². The zero-order valence-corrected chi connectivity index (χ0v) is 13.9. The van der Waals surface area contributed by atoms with E-state index < -0.39 is 0 Å². The smallest absolute Gasteiger partial charge is 0.226 e. The number of amides is 1. The second kappa shape index (κ2) is 6.50. The Morgan fingerprint density at radius 1 is 1.18 bits per heavy atom. The summed E-state index contributed by atoms with van der Waals surface area (Å²) in [6.07, 6.45) is 0.331. The highest BCUT2D eigenvalue weighted by molar-refractivity contribution is 9.10. The Balaban J connectivity index is 1.66. The van der Waals surface area contributed by atoms with Gasteiger partial charge in [-0.2, -0.15) is 5.10 Å². The normalized spacial score (nSPS) is 10.8. The fourth-order valence-corrected chi connectivity index (χ4v) is 2.74. The summed E-state index contributed by atoms with van der Waals surface area (Å²) in [6, 6.07) is 15.2. The van der Waals surface area contributed by atoms with E-state index in [2.05, 4.69) is 26.3 Å². The summed E-state index contributed by atoms with van der Waals surface area (Å²) < 4.78 is 2.74. The van der Waals surface area contributed by atoms with Gasteiger partial charge in [-0.05, 0) is 36.4 Å². The number of hydrogen-bond donors (Lipinski definition) is 1. The average molecular weight is 379 g/mol. The van der Waals surface area contributed by atoms with Crippen molar-refractivity contribution in [3.8, 4) is 0 Å².